The number of hydrogen-bond acceptors (Lipinski definition) is 8. The summed E-state index contributed by atoms with van der Waals surface area (Å²) in [5.41, 5.74) is 3.29. The molecule has 2 aromatic heterocycles. The van der Waals surface area contributed by atoms with E-state index in [1.165, 1.54) is 35.7 Å². The average Bonchev–Trinajstić information content (AvgIpc) is 3.63. The molecule has 0 bridgehead atoms. The van der Waals surface area contributed by atoms with E-state index in [2.05, 4.69) is 13.8 Å². The van der Waals surface area contributed by atoms with Gasteiger partial charge >= 0.3 is 0 Å². The highest BCUT2D eigenvalue weighted by Crippen LogP contribution is 2.46. The fourth-order valence-electron chi connectivity index (χ4n) is 4.73. The topological polar surface area (TPSA) is 102 Å². The monoisotopic (exact) mass is 546 g/mol. The van der Waals surface area contributed by atoms with Crippen LogP contribution in [-0.4, -0.2) is 35.5 Å². The van der Waals surface area contributed by atoms with Gasteiger partial charge in [-0.05, 0) is 73.2 Å². The maximum Gasteiger partial charge on any atom is 0.296 e. The molecule has 3 heterocycles. The van der Waals surface area contributed by atoms with Crippen LogP contribution in [0.2, 0.25) is 0 Å². The van der Waals surface area contributed by atoms with Crippen molar-refractivity contribution in [3.8, 4) is 11.5 Å². The highest BCUT2D eigenvalue weighted by atomic mass is 32.1. The van der Waals surface area contributed by atoms with Gasteiger partial charge in [-0.25, -0.2) is 4.98 Å². The summed E-state index contributed by atoms with van der Waals surface area (Å²) in [4.78, 5) is 33.3. The van der Waals surface area contributed by atoms with E-state index in [9.17, 15) is 14.7 Å². The number of carbonyl (C=O) groups is 2. The van der Waals surface area contributed by atoms with Crippen molar-refractivity contribution >= 4 is 38.4 Å². The van der Waals surface area contributed by atoms with Gasteiger partial charge in [-0.15, -0.1) is 0 Å². The van der Waals surface area contributed by atoms with E-state index in [0.29, 0.717) is 34.7 Å². The Balaban J connectivity index is 1.63. The van der Waals surface area contributed by atoms with Crippen molar-refractivity contribution in [2.75, 3.05) is 18.6 Å². The van der Waals surface area contributed by atoms with E-state index in [1.807, 2.05) is 26.0 Å². The quantitative estimate of drug-likeness (QED) is 0.232. The summed E-state index contributed by atoms with van der Waals surface area (Å²) < 4.78 is 17.8. The lowest BCUT2D eigenvalue weighted by molar-refractivity contribution is -0.117. The van der Waals surface area contributed by atoms with Crippen molar-refractivity contribution in [2.24, 2.45) is 5.92 Å². The van der Waals surface area contributed by atoms with E-state index in [1.54, 1.807) is 24.3 Å². The molecule has 2 aromatic carbocycles. The Hall–Kier alpha value is -4.11. The molecule has 0 spiro atoms. The largest absolute Gasteiger partial charge is 0.503 e. The Bertz CT molecular complexity index is 1580. The zero-order chi connectivity index (χ0) is 27.8. The lowest BCUT2D eigenvalue weighted by atomic mass is 9.95. The van der Waals surface area contributed by atoms with E-state index < -0.39 is 23.5 Å². The van der Waals surface area contributed by atoms with E-state index in [-0.39, 0.29) is 11.3 Å². The van der Waals surface area contributed by atoms with Crippen molar-refractivity contribution in [1.29, 1.82) is 0 Å². The van der Waals surface area contributed by atoms with Crippen LogP contribution in [-0.2, 0) is 4.79 Å². The number of carbonyl (C=O) groups excluding carboxylic acids is 2. The number of aryl methyl sites for hydroxylation is 2. The fourth-order valence-corrected chi connectivity index (χ4v) is 5.90. The standard InChI is InChI=1S/C30H30N2O6S/c1-16(2)10-12-38-20-9-8-19(15-22(20)36-5)26-24(27(33)21-7-6-11-37-21)28(34)29(35)32(26)30-31-25-18(4)13-17(3)14-23(25)39-30/h6-9,11,13-16,26,34H,10,12H2,1-5H3. The van der Waals surface area contributed by atoms with Crippen LogP contribution in [0.3, 0.4) is 0 Å². The number of aliphatic hydroxyl groups excluding tert-OH is 1. The van der Waals surface area contributed by atoms with Gasteiger partial charge in [-0.1, -0.05) is 37.3 Å². The molecule has 1 unspecified atom stereocenters. The molecule has 1 aliphatic rings. The second-order valence-corrected chi connectivity index (χ2v) is 11.0. The summed E-state index contributed by atoms with van der Waals surface area (Å²) in [5, 5.41) is 11.4. The van der Waals surface area contributed by atoms with Gasteiger partial charge in [0.05, 0.1) is 41.8 Å². The summed E-state index contributed by atoms with van der Waals surface area (Å²) in [6, 6.07) is 11.4. The number of Topliss-reactive ketones (excluding diaryl/α,β-unsaturated/α-hetero) is 1. The van der Waals surface area contributed by atoms with E-state index in [0.717, 1.165) is 27.8 Å². The third-order valence-electron chi connectivity index (χ3n) is 6.68. The number of aliphatic hydroxyl groups is 1. The second kappa shape index (κ2) is 10.6. The minimum absolute atomic E-state index is 0.0209. The average molecular weight is 547 g/mol. The Morgan fingerprint density at radius 1 is 1.18 bits per heavy atom. The number of furan rings is 1. The van der Waals surface area contributed by atoms with Crippen LogP contribution >= 0.6 is 11.3 Å². The third-order valence-corrected chi connectivity index (χ3v) is 7.68. The normalized spacial score (nSPS) is 15.6. The first-order valence-corrected chi connectivity index (χ1v) is 13.5. The van der Waals surface area contributed by atoms with Crippen molar-refractivity contribution in [1.82, 2.24) is 4.98 Å². The number of ether oxygens (including phenoxy) is 2. The molecular weight excluding hydrogens is 516 g/mol. The smallest absolute Gasteiger partial charge is 0.296 e. The van der Waals surface area contributed by atoms with Gasteiger partial charge in [0.25, 0.3) is 5.91 Å². The molecule has 1 amide bonds. The fraction of sp³-hybridized carbons (Fsp3) is 0.300. The number of ketones is 1. The summed E-state index contributed by atoms with van der Waals surface area (Å²) in [5.74, 6) is -0.413. The molecule has 9 heteroatoms. The zero-order valence-corrected chi connectivity index (χ0v) is 23.3. The lowest BCUT2D eigenvalue weighted by Crippen LogP contribution is -2.31. The summed E-state index contributed by atoms with van der Waals surface area (Å²) in [6.07, 6.45) is 2.25. The SMILES string of the molecule is COc1cc(C2C(C(=O)c3ccco3)=C(O)C(=O)N2c2nc3c(C)cc(C)cc3s2)ccc1OCCC(C)C. The maximum absolute atomic E-state index is 13.6. The minimum Gasteiger partial charge on any atom is -0.503 e. The number of rotatable bonds is 9. The van der Waals surface area contributed by atoms with Gasteiger partial charge in [0.15, 0.2) is 28.1 Å². The summed E-state index contributed by atoms with van der Waals surface area (Å²) in [7, 11) is 1.53. The van der Waals surface area contributed by atoms with Crippen LogP contribution in [0.1, 0.15) is 53.6 Å². The highest BCUT2D eigenvalue weighted by molar-refractivity contribution is 7.22. The number of anilines is 1. The molecule has 5 rings (SSSR count). The Morgan fingerprint density at radius 3 is 2.67 bits per heavy atom. The number of hydrogen-bond donors (Lipinski definition) is 1. The molecule has 202 valence electrons. The lowest BCUT2D eigenvalue weighted by Gasteiger charge is -2.25. The zero-order valence-electron chi connectivity index (χ0n) is 22.5. The van der Waals surface area contributed by atoms with Crippen molar-refractivity contribution in [3.63, 3.8) is 0 Å². The predicted octanol–water partition coefficient (Wildman–Crippen LogP) is 6.72. The first-order valence-electron chi connectivity index (χ1n) is 12.7. The molecule has 1 N–H and O–H groups in total. The predicted molar refractivity (Wildman–Crippen MR) is 150 cm³/mol. The molecule has 0 fully saturated rings. The maximum atomic E-state index is 13.6. The molecule has 1 atom stereocenters. The number of benzene rings is 2. The molecule has 0 aliphatic carbocycles. The molecule has 8 nitrogen and oxygen atoms in total. The first-order chi connectivity index (χ1) is 18.7. The second-order valence-electron chi connectivity index (χ2n) is 10.0. The molecule has 0 saturated heterocycles. The van der Waals surface area contributed by atoms with Crippen molar-refractivity contribution in [2.45, 2.75) is 40.2 Å². The van der Waals surface area contributed by atoms with Gasteiger partial charge in [0.1, 0.15) is 0 Å². The highest BCUT2D eigenvalue weighted by Gasteiger charge is 2.46. The van der Waals surface area contributed by atoms with Crippen LogP contribution in [0.15, 0.2) is 64.5 Å². The van der Waals surface area contributed by atoms with Gasteiger partial charge in [0.2, 0.25) is 5.78 Å². The third kappa shape index (κ3) is 4.90. The number of methoxy groups -OCH3 is 1. The Kier molecular flexibility index (Phi) is 7.18. The van der Waals surface area contributed by atoms with Crippen LogP contribution in [0.25, 0.3) is 10.2 Å². The summed E-state index contributed by atoms with van der Waals surface area (Å²) >= 11 is 1.33. The first kappa shape index (κ1) is 26.5. The molecular formula is C30H30N2O6S. The number of thiazole rings is 1. The van der Waals surface area contributed by atoms with E-state index in [4.69, 9.17) is 18.9 Å². The minimum atomic E-state index is -0.962. The molecule has 39 heavy (non-hydrogen) atoms. The Morgan fingerprint density at radius 2 is 1.97 bits per heavy atom. The number of aromatic nitrogens is 1. The number of nitrogens with zero attached hydrogens (tertiary/aromatic N) is 2. The molecule has 0 radical (unpaired) electrons. The summed E-state index contributed by atoms with van der Waals surface area (Å²) in [6.45, 7) is 8.73. The molecule has 0 saturated carbocycles. The van der Waals surface area contributed by atoms with Crippen LogP contribution < -0.4 is 14.4 Å². The van der Waals surface area contributed by atoms with Crippen molar-refractivity contribution < 1.29 is 28.6 Å². The number of fused-ring (bicyclic) bond motifs is 1. The molecule has 1 aliphatic heterocycles. The van der Waals surface area contributed by atoms with Crippen LogP contribution in [0, 0.1) is 19.8 Å². The molecule has 4 aromatic rings. The van der Waals surface area contributed by atoms with Gasteiger partial charge < -0.3 is 19.0 Å². The van der Waals surface area contributed by atoms with Gasteiger partial charge in [0, 0.05) is 0 Å². The van der Waals surface area contributed by atoms with Gasteiger partial charge in [-0.2, -0.15) is 0 Å². The van der Waals surface area contributed by atoms with Crippen LogP contribution in [0.4, 0.5) is 5.13 Å². The van der Waals surface area contributed by atoms with E-state index >= 15 is 0 Å². The van der Waals surface area contributed by atoms with Gasteiger partial charge in [-0.3, -0.25) is 14.5 Å². The van der Waals surface area contributed by atoms with Crippen molar-refractivity contribution in [3.05, 3.63) is 82.5 Å². The number of amides is 1. The van der Waals surface area contributed by atoms with Crippen LogP contribution in [0.5, 0.6) is 11.5 Å². The Labute approximate surface area is 230 Å².